The molecule has 0 aliphatic carbocycles. The summed E-state index contributed by atoms with van der Waals surface area (Å²) >= 11 is 0. The second kappa shape index (κ2) is 5.19. The van der Waals surface area contributed by atoms with E-state index in [4.69, 9.17) is 10.5 Å². The van der Waals surface area contributed by atoms with E-state index >= 15 is 0 Å². The number of halogens is 1. The minimum Gasteiger partial charge on any atom is -0.457 e. The van der Waals surface area contributed by atoms with Gasteiger partial charge in [0.2, 0.25) is 0 Å². The summed E-state index contributed by atoms with van der Waals surface area (Å²) in [6, 6.07) is 10.3. The quantitative estimate of drug-likeness (QED) is 0.895. The summed E-state index contributed by atoms with van der Waals surface area (Å²) in [6.45, 7) is 4.23. The van der Waals surface area contributed by atoms with Gasteiger partial charge >= 0.3 is 0 Å². The first-order valence-corrected chi connectivity index (χ1v) is 5.84. The Labute approximate surface area is 106 Å². The van der Waals surface area contributed by atoms with Gasteiger partial charge in [0.05, 0.1) is 0 Å². The summed E-state index contributed by atoms with van der Waals surface area (Å²) in [5, 5.41) is 0. The molecular weight excluding hydrogens is 229 g/mol. The molecule has 0 aliphatic heterocycles. The van der Waals surface area contributed by atoms with E-state index < -0.39 is 0 Å². The number of benzene rings is 2. The largest absolute Gasteiger partial charge is 0.457 e. The molecule has 0 fully saturated rings. The topological polar surface area (TPSA) is 35.2 Å². The molecule has 0 aromatic heterocycles. The van der Waals surface area contributed by atoms with Crippen LogP contribution in [0, 0.1) is 19.7 Å². The van der Waals surface area contributed by atoms with Crippen LogP contribution in [0.3, 0.4) is 0 Å². The summed E-state index contributed by atoms with van der Waals surface area (Å²) in [5.74, 6) is 1.11. The lowest BCUT2D eigenvalue weighted by Crippen LogP contribution is -2.00. The van der Waals surface area contributed by atoms with Crippen LogP contribution in [0.4, 0.5) is 4.39 Å². The lowest BCUT2D eigenvalue weighted by molar-refractivity contribution is 0.470. The second-order valence-corrected chi connectivity index (χ2v) is 4.33. The molecule has 94 valence electrons. The first-order valence-electron chi connectivity index (χ1n) is 5.84. The van der Waals surface area contributed by atoms with E-state index in [2.05, 4.69) is 0 Å². The third kappa shape index (κ3) is 2.68. The van der Waals surface area contributed by atoms with E-state index in [9.17, 15) is 4.39 Å². The Morgan fingerprint density at radius 2 is 1.78 bits per heavy atom. The number of nitrogens with two attached hydrogens (primary N) is 1. The minimum atomic E-state index is -0.261. The lowest BCUT2D eigenvalue weighted by atomic mass is 10.1. The van der Waals surface area contributed by atoms with Crippen molar-refractivity contribution < 1.29 is 9.13 Å². The van der Waals surface area contributed by atoms with Gasteiger partial charge in [-0.3, -0.25) is 0 Å². The molecule has 0 aliphatic rings. The first kappa shape index (κ1) is 12.6. The van der Waals surface area contributed by atoms with Crippen molar-refractivity contribution in [3.8, 4) is 11.5 Å². The number of aryl methyl sites for hydroxylation is 2. The van der Waals surface area contributed by atoms with Crippen LogP contribution in [0.2, 0.25) is 0 Å². The van der Waals surface area contributed by atoms with Crippen molar-refractivity contribution in [3.05, 3.63) is 58.9 Å². The Bertz CT molecular complexity index is 566. The molecule has 0 spiro atoms. The Morgan fingerprint density at radius 3 is 2.44 bits per heavy atom. The Balaban J connectivity index is 2.33. The van der Waals surface area contributed by atoms with E-state index in [0.29, 0.717) is 12.3 Å². The van der Waals surface area contributed by atoms with E-state index in [1.807, 2.05) is 32.0 Å². The fourth-order valence-electron chi connectivity index (χ4n) is 1.81. The van der Waals surface area contributed by atoms with Crippen LogP contribution in [0.1, 0.15) is 16.7 Å². The summed E-state index contributed by atoms with van der Waals surface area (Å²) in [7, 11) is 0. The maximum atomic E-state index is 13.0. The van der Waals surface area contributed by atoms with E-state index in [1.165, 1.54) is 12.1 Å². The minimum absolute atomic E-state index is 0.261. The van der Waals surface area contributed by atoms with Crippen LogP contribution < -0.4 is 10.5 Å². The number of rotatable bonds is 3. The van der Waals surface area contributed by atoms with Crippen molar-refractivity contribution in [1.82, 2.24) is 0 Å². The summed E-state index contributed by atoms with van der Waals surface area (Å²) in [6.07, 6.45) is 0. The molecule has 3 heteroatoms. The second-order valence-electron chi connectivity index (χ2n) is 4.33. The fourth-order valence-corrected chi connectivity index (χ4v) is 1.81. The van der Waals surface area contributed by atoms with Gasteiger partial charge in [0.1, 0.15) is 17.3 Å². The molecule has 0 unspecified atom stereocenters. The van der Waals surface area contributed by atoms with Crippen molar-refractivity contribution in [2.24, 2.45) is 5.73 Å². The Hall–Kier alpha value is -1.87. The number of hydrogen-bond donors (Lipinski definition) is 1. The maximum absolute atomic E-state index is 13.0. The van der Waals surface area contributed by atoms with Crippen molar-refractivity contribution in [2.45, 2.75) is 20.4 Å². The Morgan fingerprint density at radius 1 is 1.06 bits per heavy atom. The molecule has 0 heterocycles. The average Bonchev–Trinajstić information content (AvgIpc) is 2.34. The van der Waals surface area contributed by atoms with Crippen LogP contribution >= 0.6 is 0 Å². The summed E-state index contributed by atoms with van der Waals surface area (Å²) in [5.41, 5.74) is 8.54. The zero-order chi connectivity index (χ0) is 13.1. The highest BCUT2D eigenvalue weighted by Crippen LogP contribution is 2.28. The van der Waals surface area contributed by atoms with Crippen LogP contribution in [-0.4, -0.2) is 0 Å². The SMILES string of the molecule is Cc1ccc(Oc2ccc(F)cc2C)c(CN)c1. The van der Waals surface area contributed by atoms with Crippen LogP contribution in [0.5, 0.6) is 11.5 Å². The molecule has 0 saturated heterocycles. The molecular formula is C15H16FNO. The zero-order valence-electron chi connectivity index (χ0n) is 10.5. The van der Waals surface area contributed by atoms with Gasteiger partial charge in [-0.2, -0.15) is 0 Å². The normalized spacial score (nSPS) is 10.4. The maximum Gasteiger partial charge on any atom is 0.131 e. The highest BCUT2D eigenvalue weighted by Gasteiger charge is 2.06. The van der Waals surface area contributed by atoms with Gasteiger partial charge in [0, 0.05) is 12.1 Å². The third-order valence-corrected chi connectivity index (χ3v) is 2.79. The van der Waals surface area contributed by atoms with E-state index in [1.54, 1.807) is 6.07 Å². The van der Waals surface area contributed by atoms with E-state index in [-0.39, 0.29) is 5.82 Å². The van der Waals surface area contributed by atoms with Gasteiger partial charge in [0.25, 0.3) is 0 Å². The molecule has 2 aromatic carbocycles. The molecule has 0 atom stereocenters. The van der Waals surface area contributed by atoms with Gasteiger partial charge in [-0.25, -0.2) is 4.39 Å². The molecule has 2 nitrogen and oxygen atoms in total. The summed E-state index contributed by atoms with van der Waals surface area (Å²) < 4.78 is 18.8. The zero-order valence-corrected chi connectivity index (χ0v) is 10.5. The molecule has 0 bridgehead atoms. The number of ether oxygens (including phenoxy) is 1. The van der Waals surface area contributed by atoms with Crippen LogP contribution in [0.25, 0.3) is 0 Å². The van der Waals surface area contributed by atoms with Crippen molar-refractivity contribution in [3.63, 3.8) is 0 Å². The lowest BCUT2D eigenvalue weighted by Gasteiger charge is -2.12. The first-order chi connectivity index (χ1) is 8.60. The molecule has 2 rings (SSSR count). The summed E-state index contributed by atoms with van der Waals surface area (Å²) in [4.78, 5) is 0. The predicted octanol–water partition coefficient (Wildman–Crippen LogP) is 3.69. The van der Waals surface area contributed by atoms with Crippen molar-refractivity contribution in [2.75, 3.05) is 0 Å². The average molecular weight is 245 g/mol. The van der Waals surface area contributed by atoms with Crippen molar-refractivity contribution >= 4 is 0 Å². The van der Waals surface area contributed by atoms with Crippen LogP contribution in [0.15, 0.2) is 36.4 Å². The van der Waals surface area contributed by atoms with Crippen LogP contribution in [-0.2, 0) is 6.54 Å². The van der Waals surface area contributed by atoms with E-state index in [0.717, 1.165) is 22.4 Å². The Kier molecular flexibility index (Phi) is 3.63. The molecule has 0 amide bonds. The van der Waals surface area contributed by atoms with Gasteiger partial charge in [-0.1, -0.05) is 17.7 Å². The highest BCUT2D eigenvalue weighted by molar-refractivity contribution is 5.42. The molecule has 0 radical (unpaired) electrons. The fraction of sp³-hybridized carbons (Fsp3) is 0.200. The molecule has 2 aromatic rings. The monoisotopic (exact) mass is 245 g/mol. The van der Waals surface area contributed by atoms with Gasteiger partial charge in [0.15, 0.2) is 0 Å². The van der Waals surface area contributed by atoms with Gasteiger partial charge in [-0.05, 0) is 43.7 Å². The molecule has 2 N–H and O–H groups in total. The predicted molar refractivity (Wildman–Crippen MR) is 70.3 cm³/mol. The van der Waals surface area contributed by atoms with Gasteiger partial charge in [-0.15, -0.1) is 0 Å². The van der Waals surface area contributed by atoms with Gasteiger partial charge < -0.3 is 10.5 Å². The third-order valence-electron chi connectivity index (χ3n) is 2.79. The molecule has 0 saturated carbocycles. The smallest absolute Gasteiger partial charge is 0.131 e. The standard InChI is InChI=1S/C15H16FNO/c1-10-3-5-15(12(7-10)9-17)18-14-6-4-13(16)8-11(14)2/h3-8H,9,17H2,1-2H3. The highest BCUT2D eigenvalue weighted by atomic mass is 19.1. The van der Waals surface area contributed by atoms with Crippen molar-refractivity contribution in [1.29, 1.82) is 0 Å². The number of hydrogen-bond acceptors (Lipinski definition) is 2. The molecule has 18 heavy (non-hydrogen) atoms.